The summed E-state index contributed by atoms with van der Waals surface area (Å²) in [5, 5.41) is 7.77. The molecule has 0 spiro atoms. The highest BCUT2D eigenvalue weighted by molar-refractivity contribution is 6.99. The van der Waals surface area contributed by atoms with Crippen molar-refractivity contribution in [3.8, 4) is 11.3 Å². The molecule has 0 radical (unpaired) electrons. The van der Waals surface area contributed by atoms with E-state index in [0.717, 1.165) is 17.3 Å². The van der Waals surface area contributed by atoms with Gasteiger partial charge in [0.1, 0.15) is 6.04 Å². The normalized spacial score (nSPS) is 20.2. The fourth-order valence-electron chi connectivity index (χ4n) is 2.67. The van der Waals surface area contributed by atoms with Gasteiger partial charge in [-0.05, 0) is 18.2 Å². The molecule has 1 aliphatic rings. The van der Waals surface area contributed by atoms with E-state index < -0.39 is 0 Å². The minimum Gasteiger partial charge on any atom is -0.377 e. The smallest absolute Gasteiger partial charge is 0.267 e. The van der Waals surface area contributed by atoms with Gasteiger partial charge < -0.3 is 10.1 Å². The molecule has 3 aromatic rings. The van der Waals surface area contributed by atoms with Crippen molar-refractivity contribution in [2.45, 2.75) is 12.1 Å². The molecule has 1 aliphatic heterocycles. The quantitative estimate of drug-likeness (QED) is 0.761. The van der Waals surface area contributed by atoms with Gasteiger partial charge in [-0.3, -0.25) is 9.78 Å². The molecule has 0 amide bonds. The number of ether oxygens (including phenoxy) is 1. The Morgan fingerprint density at radius 1 is 1.25 bits per heavy atom. The van der Waals surface area contributed by atoms with E-state index in [2.05, 4.69) is 24.1 Å². The van der Waals surface area contributed by atoms with Crippen LogP contribution in [-0.4, -0.2) is 42.8 Å². The van der Waals surface area contributed by atoms with Crippen LogP contribution in [0.5, 0.6) is 0 Å². The molecule has 2 unspecified atom stereocenters. The predicted molar refractivity (Wildman–Crippen MR) is 88.9 cm³/mol. The molecule has 0 bridgehead atoms. The molecule has 0 aromatic carbocycles. The zero-order chi connectivity index (χ0) is 16.4. The summed E-state index contributed by atoms with van der Waals surface area (Å²) < 4.78 is 15.1. The van der Waals surface area contributed by atoms with E-state index in [0.29, 0.717) is 24.7 Å². The van der Waals surface area contributed by atoms with Gasteiger partial charge in [0.2, 0.25) is 0 Å². The van der Waals surface area contributed by atoms with Crippen LogP contribution in [0.15, 0.2) is 47.7 Å². The van der Waals surface area contributed by atoms with Gasteiger partial charge in [0.05, 0.1) is 42.9 Å². The lowest BCUT2D eigenvalue weighted by Gasteiger charge is -2.20. The summed E-state index contributed by atoms with van der Waals surface area (Å²) >= 11 is 1.13. The Labute approximate surface area is 141 Å². The Kier molecular flexibility index (Phi) is 4.01. The van der Waals surface area contributed by atoms with Crippen LogP contribution in [0.25, 0.3) is 11.3 Å². The Morgan fingerprint density at radius 3 is 3.00 bits per heavy atom. The Hall–Kier alpha value is -2.65. The van der Waals surface area contributed by atoms with Gasteiger partial charge in [-0.15, -0.1) is 0 Å². The van der Waals surface area contributed by atoms with Gasteiger partial charge in [-0.25, -0.2) is 4.68 Å². The van der Waals surface area contributed by atoms with E-state index in [4.69, 9.17) is 4.74 Å². The monoisotopic (exact) mass is 342 g/mol. The maximum absolute atomic E-state index is 12.3. The zero-order valence-corrected chi connectivity index (χ0v) is 13.4. The first-order valence-corrected chi connectivity index (χ1v) is 8.16. The van der Waals surface area contributed by atoms with Crippen molar-refractivity contribution >= 4 is 17.5 Å². The molecule has 2 atom stereocenters. The second-order valence-corrected chi connectivity index (χ2v) is 5.95. The van der Waals surface area contributed by atoms with Crippen LogP contribution in [0.4, 0.5) is 5.82 Å². The first kappa shape index (κ1) is 14.9. The largest absolute Gasteiger partial charge is 0.377 e. The summed E-state index contributed by atoms with van der Waals surface area (Å²) in [5.41, 5.74) is 1.39. The molecule has 0 saturated carbocycles. The van der Waals surface area contributed by atoms with Crippen LogP contribution < -0.4 is 10.9 Å². The Bertz CT molecular complexity index is 867. The fourth-order valence-corrected chi connectivity index (χ4v) is 3.05. The number of hydrogen-bond acceptors (Lipinski definition) is 8. The third-order valence-corrected chi connectivity index (χ3v) is 4.32. The standard InChI is InChI=1S/C15H14N6O2S/c22-15-4-3-11(10-2-1-5-16-6-10)19-21(15)13-9-23-8-12(13)18-14-7-17-24-20-14/h1-7,12-13H,8-9H2,(H,18,20). The van der Waals surface area contributed by atoms with E-state index in [1.807, 2.05) is 12.1 Å². The number of rotatable bonds is 4. The molecule has 4 heterocycles. The van der Waals surface area contributed by atoms with E-state index in [9.17, 15) is 4.79 Å². The minimum atomic E-state index is -0.212. The summed E-state index contributed by atoms with van der Waals surface area (Å²) in [6.45, 7) is 0.895. The molecule has 24 heavy (non-hydrogen) atoms. The van der Waals surface area contributed by atoms with Gasteiger partial charge in [0, 0.05) is 24.0 Å². The summed E-state index contributed by atoms with van der Waals surface area (Å²) in [6, 6.07) is 6.67. The fraction of sp³-hybridized carbons (Fsp3) is 0.267. The second kappa shape index (κ2) is 6.46. The summed E-state index contributed by atoms with van der Waals surface area (Å²) in [6.07, 6.45) is 5.08. The molecule has 8 nitrogen and oxygen atoms in total. The molecule has 1 fully saturated rings. The molecule has 3 aromatic heterocycles. The molecule has 4 rings (SSSR count). The molecule has 1 saturated heterocycles. The third-order valence-electron chi connectivity index (χ3n) is 3.84. The highest BCUT2D eigenvalue weighted by Crippen LogP contribution is 2.22. The average Bonchev–Trinajstić information content (AvgIpc) is 3.29. The van der Waals surface area contributed by atoms with Gasteiger partial charge in [0.25, 0.3) is 5.56 Å². The topological polar surface area (TPSA) is 94.8 Å². The molecular weight excluding hydrogens is 328 g/mol. The minimum absolute atomic E-state index is 0.0942. The highest BCUT2D eigenvalue weighted by Gasteiger charge is 2.32. The van der Waals surface area contributed by atoms with Crippen LogP contribution in [0.1, 0.15) is 6.04 Å². The van der Waals surface area contributed by atoms with Crippen molar-refractivity contribution in [2.24, 2.45) is 0 Å². The van der Waals surface area contributed by atoms with Crippen LogP contribution in [0, 0.1) is 0 Å². The maximum atomic E-state index is 12.3. The molecular formula is C15H14N6O2S. The first-order chi connectivity index (χ1) is 11.8. The maximum Gasteiger partial charge on any atom is 0.267 e. The van der Waals surface area contributed by atoms with Gasteiger partial charge in [0.15, 0.2) is 5.82 Å². The average molecular weight is 342 g/mol. The molecule has 122 valence electrons. The SMILES string of the molecule is O=c1ccc(-c2cccnc2)nn1C1COCC1Nc1cnsn1. The van der Waals surface area contributed by atoms with Gasteiger partial charge in [-0.1, -0.05) is 0 Å². The van der Waals surface area contributed by atoms with Crippen LogP contribution >= 0.6 is 11.7 Å². The van der Waals surface area contributed by atoms with Crippen molar-refractivity contribution in [3.63, 3.8) is 0 Å². The van der Waals surface area contributed by atoms with Crippen LogP contribution in [0.2, 0.25) is 0 Å². The molecule has 9 heteroatoms. The molecule has 0 aliphatic carbocycles. The lowest BCUT2D eigenvalue weighted by atomic mass is 10.1. The Morgan fingerprint density at radius 2 is 2.21 bits per heavy atom. The van der Waals surface area contributed by atoms with Gasteiger partial charge in [-0.2, -0.15) is 13.8 Å². The number of nitrogens with one attached hydrogen (secondary N) is 1. The Balaban J connectivity index is 1.66. The number of hydrogen-bond donors (Lipinski definition) is 1. The van der Waals surface area contributed by atoms with E-state index in [-0.39, 0.29) is 17.6 Å². The lowest BCUT2D eigenvalue weighted by molar-refractivity contribution is 0.183. The van der Waals surface area contributed by atoms with E-state index in [1.165, 1.54) is 10.7 Å². The highest BCUT2D eigenvalue weighted by atomic mass is 32.1. The van der Waals surface area contributed by atoms with Crippen molar-refractivity contribution < 1.29 is 4.74 Å². The summed E-state index contributed by atoms with van der Waals surface area (Å²) in [4.78, 5) is 16.4. The van der Waals surface area contributed by atoms with E-state index in [1.54, 1.807) is 24.7 Å². The van der Waals surface area contributed by atoms with Crippen LogP contribution in [-0.2, 0) is 4.74 Å². The predicted octanol–water partition coefficient (Wildman–Crippen LogP) is 1.21. The van der Waals surface area contributed by atoms with Crippen molar-refractivity contribution in [1.82, 2.24) is 23.5 Å². The zero-order valence-electron chi connectivity index (χ0n) is 12.6. The number of pyridine rings is 1. The first-order valence-electron chi connectivity index (χ1n) is 7.43. The number of anilines is 1. The lowest BCUT2D eigenvalue weighted by Crippen LogP contribution is -2.37. The molecule has 1 N–H and O–H groups in total. The van der Waals surface area contributed by atoms with Crippen LogP contribution in [0.3, 0.4) is 0 Å². The van der Waals surface area contributed by atoms with Crippen molar-refractivity contribution in [3.05, 3.63) is 53.2 Å². The summed E-state index contributed by atoms with van der Waals surface area (Å²) in [7, 11) is 0. The number of aromatic nitrogens is 5. The van der Waals surface area contributed by atoms with Gasteiger partial charge >= 0.3 is 0 Å². The summed E-state index contributed by atoms with van der Waals surface area (Å²) in [5.74, 6) is 0.678. The second-order valence-electron chi connectivity index (χ2n) is 5.39. The number of nitrogens with zero attached hydrogens (tertiary/aromatic N) is 5. The van der Waals surface area contributed by atoms with Crippen molar-refractivity contribution in [2.75, 3.05) is 18.5 Å². The van der Waals surface area contributed by atoms with Crippen molar-refractivity contribution in [1.29, 1.82) is 0 Å². The third kappa shape index (κ3) is 2.91. The van der Waals surface area contributed by atoms with E-state index >= 15 is 0 Å².